The number of hydrogen-bond donors (Lipinski definition) is 0. The second-order valence-electron chi connectivity index (χ2n) is 5.10. The molecular formula is C18H18S6. The molecule has 0 atom stereocenters. The quantitative estimate of drug-likeness (QED) is 0.471. The van der Waals surface area contributed by atoms with Crippen LogP contribution in [0, 0.1) is 0 Å². The Balaban J connectivity index is 1.67. The summed E-state index contributed by atoms with van der Waals surface area (Å²) in [6.45, 7) is 4.41. The first-order valence-electron chi connectivity index (χ1n) is 7.33. The summed E-state index contributed by atoms with van der Waals surface area (Å²) in [5.74, 6) is 0. The first-order valence-corrected chi connectivity index (χ1v) is 13.0. The Morgan fingerprint density at radius 2 is 1.04 bits per heavy atom. The molecule has 1 aromatic carbocycles. The van der Waals surface area contributed by atoms with Crippen molar-refractivity contribution in [2.45, 2.75) is 13.8 Å². The SMILES string of the molecule is CSC1=C(C)S/C(=C/c2ccc(/C=C3\SC(C)=C(SC)S3)cc2)S1. The van der Waals surface area contributed by atoms with E-state index in [-0.39, 0.29) is 0 Å². The molecule has 0 N–H and O–H groups in total. The van der Waals surface area contributed by atoms with Crippen molar-refractivity contribution in [1.82, 2.24) is 0 Å². The lowest BCUT2D eigenvalue weighted by molar-refractivity contribution is 1.62. The van der Waals surface area contributed by atoms with Gasteiger partial charge in [-0.05, 0) is 49.6 Å². The monoisotopic (exact) mass is 426 g/mol. The first kappa shape index (κ1) is 19.1. The minimum atomic E-state index is 1.27. The van der Waals surface area contributed by atoms with Crippen LogP contribution in [0.25, 0.3) is 12.2 Å². The van der Waals surface area contributed by atoms with Crippen molar-refractivity contribution >= 4 is 82.7 Å². The molecule has 3 rings (SSSR count). The summed E-state index contributed by atoms with van der Waals surface area (Å²) in [6.07, 6.45) is 8.87. The van der Waals surface area contributed by atoms with E-state index in [1.807, 2.05) is 70.6 Å². The van der Waals surface area contributed by atoms with Crippen LogP contribution in [0.4, 0.5) is 0 Å². The molecule has 0 radical (unpaired) electrons. The summed E-state index contributed by atoms with van der Waals surface area (Å²) in [5, 5.41) is 0. The van der Waals surface area contributed by atoms with Crippen LogP contribution in [0.5, 0.6) is 0 Å². The lowest BCUT2D eigenvalue weighted by Gasteiger charge is -2.01. The Kier molecular flexibility index (Phi) is 6.97. The van der Waals surface area contributed by atoms with E-state index in [1.54, 1.807) is 0 Å². The van der Waals surface area contributed by atoms with Gasteiger partial charge in [0.1, 0.15) is 0 Å². The molecule has 0 fully saturated rings. The summed E-state index contributed by atoms with van der Waals surface area (Å²) in [5.41, 5.74) is 2.54. The largest absolute Gasteiger partial charge is 0.122 e. The van der Waals surface area contributed by atoms with Crippen LogP contribution < -0.4 is 0 Å². The molecule has 24 heavy (non-hydrogen) atoms. The highest BCUT2D eigenvalue weighted by Gasteiger charge is 2.18. The van der Waals surface area contributed by atoms with Crippen LogP contribution in [0.2, 0.25) is 0 Å². The minimum absolute atomic E-state index is 1.27. The molecular weight excluding hydrogens is 409 g/mol. The molecule has 1 aromatic rings. The predicted octanol–water partition coefficient (Wildman–Crippen LogP) is 8.35. The third kappa shape index (κ3) is 4.71. The molecule has 2 aliphatic rings. The molecule has 6 heteroatoms. The van der Waals surface area contributed by atoms with Crippen molar-refractivity contribution < 1.29 is 0 Å². The topological polar surface area (TPSA) is 0 Å². The maximum absolute atomic E-state index is 2.29. The van der Waals surface area contributed by atoms with E-state index in [9.17, 15) is 0 Å². The van der Waals surface area contributed by atoms with E-state index in [0.29, 0.717) is 0 Å². The van der Waals surface area contributed by atoms with Gasteiger partial charge in [-0.3, -0.25) is 0 Å². The number of allylic oxidation sites excluding steroid dienone is 2. The highest BCUT2D eigenvalue weighted by Crippen LogP contribution is 2.54. The van der Waals surface area contributed by atoms with Crippen LogP contribution in [-0.4, -0.2) is 12.5 Å². The van der Waals surface area contributed by atoms with E-state index in [1.165, 1.54) is 37.9 Å². The molecule has 2 heterocycles. The smallest absolute Gasteiger partial charge is 0.0548 e. The molecule has 0 bridgehead atoms. The average molecular weight is 427 g/mol. The Morgan fingerprint density at radius 3 is 1.33 bits per heavy atom. The highest BCUT2D eigenvalue weighted by atomic mass is 32.2. The van der Waals surface area contributed by atoms with Gasteiger partial charge in [-0.1, -0.05) is 71.3 Å². The molecule has 0 nitrogen and oxygen atoms in total. The van der Waals surface area contributed by atoms with E-state index in [2.05, 4.69) is 62.8 Å². The standard InChI is InChI=1S/C18H18S6/c1-11-17(19-3)23-15(21-11)9-13-5-7-14(8-6-13)10-16-22-12(2)18(20-4)24-16/h5-10H,1-4H3/b15-9-,16-10+. The molecule has 0 saturated heterocycles. The van der Waals surface area contributed by atoms with E-state index in [0.717, 1.165) is 0 Å². The van der Waals surface area contributed by atoms with Crippen molar-refractivity contribution in [3.05, 3.63) is 62.2 Å². The average Bonchev–Trinajstić information content (AvgIpc) is 3.11. The molecule has 126 valence electrons. The zero-order valence-electron chi connectivity index (χ0n) is 13.9. The molecule has 0 aromatic heterocycles. The summed E-state index contributed by atoms with van der Waals surface area (Å²) < 4.78 is 5.59. The van der Waals surface area contributed by atoms with Gasteiger partial charge in [0.05, 0.1) is 16.9 Å². The van der Waals surface area contributed by atoms with Gasteiger partial charge in [-0.15, -0.1) is 23.5 Å². The number of rotatable bonds is 4. The molecule has 0 saturated carbocycles. The maximum Gasteiger partial charge on any atom is 0.0548 e. The fraction of sp³-hybridized carbons (Fsp3) is 0.222. The molecule has 0 amide bonds. The Bertz CT molecular complexity index is 687. The van der Waals surface area contributed by atoms with Crippen LogP contribution >= 0.6 is 70.6 Å². The summed E-state index contributed by atoms with van der Waals surface area (Å²) in [6, 6.07) is 8.86. The zero-order chi connectivity index (χ0) is 17.1. The first-order chi connectivity index (χ1) is 11.6. The van der Waals surface area contributed by atoms with E-state index >= 15 is 0 Å². The molecule has 0 unspecified atom stereocenters. The predicted molar refractivity (Wildman–Crippen MR) is 125 cm³/mol. The fourth-order valence-corrected chi connectivity index (χ4v) is 9.34. The summed E-state index contributed by atoms with van der Waals surface area (Å²) in [7, 11) is 0. The lowest BCUT2D eigenvalue weighted by Crippen LogP contribution is -1.76. The van der Waals surface area contributed by atoms with E-state index < -0.39 is 0 Å². The minimum Gasteiger partial charge on any atom is -0.122 e. The number of hydrogen-bond acceptors (Lipinski definition) is 6. The Hall–Kier alpha value is 0.280. The van der Waals surface area contributed by atoms with Crippen molar-refractivity contribution in [2.24, 2.45) is 0 Å². The fourth-order valence-electron chi connectivity index (χ4n) is 2.20. The normalized spacial score (nSPS) is 21.7. The van der Waals surface area contributed by atoms with E-state index in [4.69, 9.17) is 0 Å². The van der Waals surface area contributed by atoms with Gasteiger partial charge in [0.25, 0.3) is 0 Å². The number of benzene rings is 1. The van der Waals surface area contributed by atoms with Crippen molar-refractivity contribution in [3.8, 4) is 0 Å². The Labute approximate surface area is 170 Å². The van der Waals surface area contributed by atoms with Crippen LogP contribution in [0.1, 0.15) is 25.0 Å². The molecule has 2 aliphatic heterocycles. The molecule has 0 spiro atoms. The van der Waals surface area contributed by atoms with Gasteiger partial charge < -0.3 is 0 Å². The van der Waals surface area contributed by atoms with Crippen molar-refractivity contribution in [1.29, 1.82) is 0 Å². The maximum atomic E-state index is 2.29. The van der Waals surface area contributed by atoms with Crippen LogP contribution in [-0.2, 0) is 0 Å². The molecule has 0 aliphatic carbocycles. The second kappa shape index (κ2) is 8.78. The number of thioether (sulfide) groups is 6. The van der Waals surface area contributed by atoms with Gasteiger partial charge in [0, 0.05) is 9.81 Å². The van der Waals surface area contributed by atoms with Crippen LogP contribution in [0.3, 0.4) is 0 Å². The van der Waals surface area contributed by atoms with Crippen molar-refractivity contribution in [3.63, 3.8) is 0 Å². The summed E-state index contributed by atoms with van der Waals surface area (Å²) >= 11 is 11.2. The highest BCUT2D eigenvalue weighted by molar-refractivity contribution is 8.36. The van der Waals surface area contributed by atoms with Gasteiger partial charge in [0.15, 0.2) is 0 Å². The lowest BCUT2D eigenvalue weighted by atomic mass is 10.1. The third-order valence-electron chi connectivity index (χ3n) is 3.35. The Morgan fingerprint density at radius 1 is 0.667 bits per heavy atom. The third-order valence-corrected chi connectivity index (χ3v) is 11.0. The van der Waals surface area contributed by atoms with Gasteiger partial charge in [-0.2, -0.15) is 0 Å². The van der Waals surface area contributed by atoms with Crippen LogP contribution in [0.15, 0.2) is 51.0 Å². The second-order valence-corrected chi connectivity index (χ2v) is 12.4. The van der Waals surface area contributed by atoms with Gasteiger partial charge in [-0.25, -0.2) is 0 Å². The van der Waals surface area contributed by atoms with Gasteiger partial charge in [0.2, 0.25) is 0 Å². The van der Waals surface area contributed by atoms with Gasteiger partial charge >= 0.3 is 0 Å². The zero-order valence-corrected chi connectivity index (χ0v) is 18.8. The van der Waals surface area contributed by atoms with Crippen molar-refractivity contribution in [2.75, 3.05) is 12.5 Å². The summed E-state index contributed by atoms with van der Waals surface area (Å²) in [4.78, 5) is 2.84.